The van der Waals surface area contributed by atoms with Crippen LogP contribution in [0.2, 0.25) is 0 Å². The lowest BCUT2D eigenvalue weighted by Gasteiger charge is -2.20. The van der Waals surface area contributed by atoms with Gasteiger partial charge < -0.3 is 9.84 Å². The number of hydrogen-bond donors (Lipinski definition) is 0. The van der Waals surface area contributed by atoms with Gasteiger partial charge in [0.2, 0.25) is 5.24 Å². The first-order valence-corrected chi connectivity index (χ1v) is 7.25. The van der Waals surface area contributed by atoms with Crippen molar-refractivity contribution in [2.24, 2.45) is 4.99 Å². The lowest BCUT2D eigenvalue weighted by atomic mass is 9.98. The van der Waals surface area contributed by atoms with E-state index >= 15 is 0 Å². The SMILES string of the molecule is O=C(Cl)CN=C([O-])OCC1c2ccccc2-c2ccccc21. The molecule has 1 aliphatic rings. The Morgan fingerprint density at radius 2 is 1.64 bits per heavy atom. The zero-order chi connectivity index (χ0) is 15.5. The number of fused-ring (bicyclic) bond motifs is 3. The molecule has 0 saturated heterocycles. The molecule has 0 saturated carbocycles. The van der Waals surface area contributed by atoms with E-state index in [9.17, 15) is 9.90 Å². The Hall–Kier alpha value is -2.33. The topological polar surface area (TPSA) is 61.7 Å². The summed E-state index contributed by atoms with van der Waals surface area (Å²) < 4.78 is 5.17. The number of nitrogens with zero attached hydrogens (tertiary/aromatic N) is 1. The first kappa shape index (κ1) is 14.6. The van der Waals surface area contributed by atoms with Crippen LogP contribution in [0.25, 0.3) is 11.1 Å². The molecule has 112 valence electrons. The highest BCUT2D eigenvalue weighted by Gasteiger charge is 2.26. The third-order valence-corrected chi connectivity index (χ3v) is 3.79. The van der Waals surface area contributed by atoms with Crippen LogP contribution >= 0.6 is 11.6 Å². The molecular formula is C17H13ClNO3-. The van der Waals surface area contributed by atoms with Gasteiger partial charge in [-0.2, -0.15) is 0 Å². The van der Waals surface area contributed by atoms with E-state index in [2.05, 4.69) is 17.1 Å². The summed E-state index contributed by atoms with van der Waals surface area (Å²) in [7, 11) is 0. The summed E-state index contributed by atoms with van der Waals surface area (Å²) in [6, 6.07) is 16.1. The van der Waals surface area contributed by atoms with Crippen molar-refractivity contribution in [3.8, 4) is 11.1 Å². The van der Waals surface area contributed by atoms with Crippen molar-refractivity contribution >= 4 is 22.9 Å². The van der Waals surface area contributed by atoms with E-state index in [0.29, 0.717) is 0 Å². The second kappa shape index (κ2) is 6.20. The Morgan fingerprint density at radius 3 is 2.18 bits per heavy atom. The highest BCUT2D eigenvalue weighted by Crippen LogP contribution is 2.44. The van der Waals surface area contributed by atoms with E-state index in [-0.39, 0.29) is 19.1 Å². The van der Waals surface area contributed by atoms with Gasteiger partial charge in [0.25, 0.3) is 0 Å². The number of ether oxygens (including phenoxy) is 1. The third kappa shape index (κ3) is 2.83. The standard InChI is InChI=1S/C17H14ClNO3/c18-16(20)9-19-17(21)22-10-15-13-7-3-1-5-11(13)12-6-2-4-8-14(12)15/h1-8,15H,9-10H2,(H,19,21)/p-1. The molecule has 0 radical (unpaired) electrons. The maximum atomic E-state index is 11.5. The Labute approximate surface area is 133 Å². The number of hydrogen-bond acceptors (Lipinski definition) is 4. The van der Waals surface area contributed by atoms with E-state index in [4.69, 9.17) is 16.3 Å². The fourth-order valence-corrected chi connectivity index (χ4v) is 2.83. The number of carbonyl (C=O) groups is 1. The van der Waals surface area contributed by atoms with Crippen molar-refractivity contribution in [2.75, 3.05) is 13.2 Å². The Balaban J connectivity index is 1.82. The summed E-state index contributed by atoms with van der Waals surface area (Å²) in [6.07, 6.45) is -0.768. The van der Waals surface area contributed by atoms with Crippen LogP contribution in [0.5, 0.6) is 0 Å². The number of carbonyl (C=O) groups excluding carboxylic acids is 1. The van der Waals surface area contributed by atoms with Gasteiger partial charge in [0.1, 0.15) is 12.6 Å². The number of aliphatic imine (C=N–C) groups is 1. The minimum absolute atomic E-state index is 0.0155. The predicted octanol–water partition coefficient (Wildman–Crippen LogP) is 2.30. The molecule has 0 aliphatic heterocycles. The van der Waals surface area contributed by atoms with E-state index in [1.165, 1.54) is 0 Å². The van der Waals surface area contributed by atoms with Crippen LogP contribution in [0, 0.1) is 0 Å². The van der Waals surface area contributed by atoms with Gasteiger partial charge in [0, 0.05) is 12.5 Å². The summed E-state index contributed by atoms with van der Waals surface area (Å²) >= 11 is 5.14. The predicted molar refractivity (Wildman–Crippen MR) is 82.8 cm³/mol. The Morgan fingerprint density at radius 1 is 1.09 bits per heavy atom. The maximum Gasteiger partial charge on any atom is 0.243 e. The fraction of sp³-hybridized carbons (Fsp3) is 0.176. The molecule has 0 N–H and O–H groups in total. The van der Waals surface area contributed by atoms with Gasteiger partial charge in [-0.3, -0.25) is 9.79 Å². The fourth-order valence-electron chi connectivity index (χ4n) is 2.77. The molecular weight excluding hydrogens is 302 g/mol. The van der Waals surface area contributed by atoms with Gasteiger partial charge in [0.15, 0.2) is 0 Å². The van der Waals surface area contributed by atoms with Crippen LogP contribution in [0.3, 0.4) is 0 Å². The highest BCUT2D eigenvalue weighted by molar-refractivity contribution is 6.64. The van der Waals surface area contributed by atoms with Gasteiger partial charge in [0.05, 0.1) is 0 Å². The first-order valence-electron chi connectivity index (χ1n) is 6.87. The third-order valence-electron chi connectivity index (χ3n) is 3.67. The van der Waals surface area contributed by atoms with Crippen LogP contribution in [0.1, 0.15) is 17.0 Å². The molecule has 22 heavy (non-hydrogen) atoms. The van der Waals surface area contributed by atoms with E-state index in [1.807, 2.05) is 36.4 Å². The van der Waals surface area contributed by atoms with Crippen LogP contribution in [-0.2, 0) is 9.53 Å². The molecule has 4 nitrogen and oxygen atoms in total. The molecule has 0 spiro atoms. The molecule has 0 heterocycles. The molecule has 0 aromatic heterocycles. The Bertz CT molecular complexity index is 697. The maximum absolute atomic E-state index is 11.5. The molecule has 0 amide bonds. The molecule has 1 aliphatic carbocycles. The van der Waals surface area contributed by atoms with Crippen molar-refractivity contribution in [3.63, 3.8) is 0 Å². The summed E-state index contributed by atoms with van der Waals surface area (Å²) in [5.74, 6) is -0.0155. The summed E-state index contributed by atoms with van der Waals surface area (Å²) in [6.45, 7) is -0.176. The van der Waals surface area contributed by atoms with Crippen molar-refractivity contribution in [2.45, 2.75) is 5.92 Å². The highest BCUT2D eigenvalue weighted by atomic mass is 35.5. The molecule has 0 unspecified atom stereocenters. The minimum Gasteiger partial charge on any atom is -0.599 e. The second-order valence-electron chi connectivity index (χ2n) is 4.98. The summed E-state index contributed by atoms with van der Waals surface area (Å²) in [5.41, 5.74) is 4.58. The van der Waals surface area contributed by atoms with Crippen molar-refractivity contribution in [1.29, 1.82) is 0 Å². The Kier molecular flexibility index (Phi) is 4.11. The number of halogens is 1. The van der Waals surface area contributed by atoms with Crippen LogP contribution in [-0.4, -0.2) is 24.5 Å². The van der Waals surface area contributed by atoms with Gasteiger partial charge >= 0.3 is 0 Å². The molecule has 0 fully saturated rings. The first-order chi connectivity index (χ1) is 10.7. The molecule has 5 heteroatoms. The molecule has 2 aromatic rings. The van der Waals surface area contributed by atoms with Crippen LogP contribution in [0.4, 0.5) is 0 Å². The zero-order valence-corrected chi connectivity index (χ0v) is 12.4. The van der Waals surface area contributed by atoms with Gasteiger partial charge in [-0.05, 0) is 33.9 Å². The van der Waals surface area contributed by atoms with Crippen LogP contribution in [0.15, 0.2) is 53.5 Å². The zero-order valence-electron chi connectivity index (χ0n) is 11.7. The van der Waals surface area contributed by atoms with Crippen molar-refractivity contribution in [1.82, 2.24) is 0 Å². The lowest BCUT2D eigenvalue weighted by Crippen LogP contribution is -2.24. The smallest absolute Gasteiger partial charge is 0.243 e. The molecule has 0 atom stereocenters. The van der Waals surface area contributed by atoms with Gasteiger partial charge in [-0.15, -0.1) is 0 Å². The van der Waals surface area contributed by atoms with E-state index in [0.717, 1.165) is 22.3 Å². The van der Waals surface area contributed by atoms with Gasteiger partial charge in [-0.25, -0.2) is 0 Å². The van der Waals surface area contributed by atoms with Crippen molar-refractivity contribution in [3.05, 3.63) is 59.7 Å². The van der Waals surface area contributed by atoms with Crippen molar-refractivity contribution < 1.29 is 14.6 Å². The monoisotopic (exact) mass is 314 g/mol. The number of benzene rings is 2. The average Bonchev–Trinajstić information content (AvgIpc) is 2.85. The quantitative estimate of drug-likeness (QED) is 0.494. The molecule has 0 bridgehead atoms. The summed E-state index contributed by atoms with van der Waals surface area (Å²) in [5, 5.41) is 10.8. The van der Waals surface area contributed by atoms with E-state index in [1.54, 1.807) is 0 Å². The number of rotatable bonds is 4. The average molecular weight is 315 g/mol. The molecule has 3 rings (SSSR count). The summed E-state index contributed by atoms with van der Waals surface area (Å²) in [4.78, 5) is 14.1. The normalized spacial score (nSPS) is 13.6. The van der Waals surface area contributed by atoms with E-state index < -0.39 is 11.3 Å². The second-order valence-corrected chi connectivity index (χ2v) is 5.40. The largest absolute Gasteiger partial charge is 0.599 e. The lowest BCUT2D eigenvalue weighted by molar-refractivity contribution is -0.251. The van der Waals surface area contributed by atoms with Gasteiger partial charge in [-0.1, -0.05) is 48.5 Å². The molecule has 2 aromatic carbocycles. The minimum atomic E-state index is -0.768. The van der Waals surface area contributed by atoms with Crippen LogP contribution < -0.4 is 5.11 Å².